The molecule has 0 aliphatic heterocycles. The number of aryl methyl sites for hydroxylation is 1. The zero-order valence-corrected chi connectivity index (χ0v) is 12.1. The summed E-state index contributed by atoms with van der Waals surface area (Å²) in [5, 5.41) is 9.58. The molecule has 0 aliphatic carbocycles. The number of ether oxygens (including phenoxy) is 2. The van der Waals surface area contributed by atoms with Crippen LogP contribution in [0.4, 0.5) is 0 Å². The van der Waals surface area contributed by atoms with Gasteiger partial charge in [-0.05, 0) is 43.7 Å². The third-order valence-electron chi connectivity index (χ3n) is 3.17. The molecule has 2 rings (SSSR count). The highest BCUT2D eigenvalue weighted by Gasteiger charge is 2.06. The lowest BCUT2D eigenvalue weighted by Gasteiger charge is -2.12. The molecule has 0 amide bonds. The van der Waals surface area contributed by atoms with Gasteiger partial charge in [-0.25, -0.2) is 0 Å². The highest BCUT2D eigenvalue weighted by Crippen LogP contribution is 2.23. The molecule has 0 aliphatic rings. The van der Waals surface area contributed by atoms with Crippen LogP contribution in [0.1, 0.15) is 29.7 Å². The second-order valence-electron chi connectivity index (χ2n) is 4.85. The maximum Gasteiger partial charge on any atom is 0.125 e. The molecule has 0 aromatic heterocycles. The molecule has 2 aromatic rings. The first-order valence-corrected chi connectivity index (χ1v) is 6.64. The van der Waals surface area contributed by atoms with E-state index in [4.69, 9.17) is 9.47 Å². The van der Waals surface area contributed by atoms with Gasteiger partial charge in [-0.3, -0.25) is 0 Å². The van der Waals surface area contributed by atoms with Gasteiger partial charge in [0, 0.05) is 5.56 Å². The molecule has 2 aromatic carbocycles. The average molecular weight is 272 g/mol. The van der Waals surface area contributed by atoms with Gasteiger partial charge in [0.2, 0.25) is 0 Å². The highest BCUT2D eigenvalue weighted by molar-refractivity contribution is 5.37. The van der Waals surface area contributed by atoms with Gasteiger partial charge in [0.15, 0.2) is 0 Å². The lowest BCUT2D eigenvalue weighted by molar-refractivity contribution is 0.198. The van der Waals surface area contributed by atoms with E-state index in [2.05, 4.69) is 6.07 Å². The Morgan fingerprint density at radius 2 is 1.95 bits per heavy atom. The Morgan fingerprint density at radius 3 is 2.65 bits per heavy atom. The molecule has 0 spiro atoms. The van der Waals surface area contributed by atoms with Crippen molar-refractivity contribution in [2.75, 3.05) is 7.11 Å². The van der Waals surface area contributed by atoms with E-state index in [0.29, 0.717) is 6.61 Å². The maximum absolute atomic E-state index is 9.58. The van der Waals surface area contributed by atoms with Crippen molar-refractivity contribution in [2.24, 2.45) is 0 Å². The molecule has 20 heavy (non-hydrogen) atoms. The number of aliphatic hydroxyl groups excluding tert-OH is 1. The molecular formula is C17H20O3. The Hall–Kier alpha value is -2.00. The van der Waals surface area contributed by atoms with Gasteiger partial charge in [-0.1, -0.05) is 23.8 Å². The van der Waals surface area contributed by atoms with Crippen molar-refractivity contribution in [1.29, 1.82) is 0 Å². The highest BCUT2D eigenvalue weighted by atomic mass is 16.5. The minimum absolute atomic E-state index is 0.439. The van der Waals surface area contributed by atoms with Crippen LogP contribution in [0, 0.1) is 6.92 Å². The predicted octanol–water partition coefficient (Wildman–Crippen LogP) is 3.64. The number of aliphatic hydroxyl groups is 1. The lowest BCUT2D eigenvalue weighted by atomic mass is 10.1. The van der Waals surface area contributed by atoms with E-state index < -0.39 is 6.10 Å². The van der Waals surface area contributed by atoms with Crippen molar-refractivity contribution in [3.8, 4) is 11.5 Å². The third-order valence-corrected chi connectivity index (χ3v) is 3.17. The minimum atomic E-state index is -0.493. The van der Waals surface area contributed by atoms with Crippen molar-refractivity contribution in [2.45, 2.75) is 26.6 Å². The Morgan fingerprint density at radius 1 is 1.15 bits per heavy atom. The van der Waals surface area contributed by atoms with Crippen molar-refractivity contribution in [3.05, 3.63) is 59.2 Å². The number of hydrogen-bond acceptors (Lipinski definition) is 3. The molecule has 0 radical (unpaired) electrons. The fourth-order valence-electron chi connectivity index (χ4n) is 2.05. The van der Waals surface area contributed by atoms with E-state index in [-0.39, 0.29) is 0 Å². The standard InChI is InChI=1S/C17H20O3/c1-12-7-8-17(19-3)15(9-12)11-20-16-6-4-5-14(10-16)13(2)18/h4-10,13,18H,11H2,1-3H3. The fraction of sp³-hybridized carbons (Fsp3) is 0.294. The van der Waals surface area contributed by atoms with E-state index in [1.165, 1.54) is 5.56 Å². The molecule has 1 unspecified atom stereocenters. The van der Waals surface area contributed by atoms with Gasteiger partial charge in [-0.2, -0.15) is 0 Å². The smallest absolute Gasteiger partial charge is 0.125 e. The fourth-order valence-corrected chi connectivity index (χ4v) is 2.05. The van der Waals surface area contributed by atoms with Crippen molar-refractivity contribution in [3.63, 3.8) is 0 Å². The number of rotatable bonds is 5. The molecule has 3 heteroatoms. The van der Waals surface area contributed by atoms with Crippen LogP contribution in [0.5, 0.6) is 11.5 Å². The number of methoxy groups -OCH3 is 1. The van der Waals surface area contributed by atoms with Gasteiger partial charge in [0.1, 0.15) is 18.1 Å². The third kappa shape index (κ3) is 3.52. The van der Waals surface area contributed by atoms with Crippen LogP contribution in [0.2, 0.25) is 0 Å². The Balaban J connectivity index is 2.12. The Labute approximate surface area is 119 Å². The van der Waals surface area contributed by atoms with Crippen LogP contribution >= 0.6 is 0 Å². The van der Waals surface area contributed by atoms with Gasteiger partial charge in [0.25, 0.3) is 0 Å². The SMILES string of the molecule is COc1ccc(C)cc1COc1cccc(C(C)O)c1. The summed E-state index contributed by atoms with van der Waals surface area (Å²) in [5.41, 5.74) is 3.02. The largest absolute Gasteiger partial charge is 0.496 e. The van der Waals surface area contributed by atoms with Crippen LogP contribution in [0.3, 0.4) is 0 Å². The van der Waals surface area contributed by atoms with Gasteiger partial charge >= 0.3 is 0 Å². The number of hydrogen-bond donors (Lipinski definition) is 1. The second-order valence-corrected chi connectivity index (χ2v) is 4.85. The molecule has 0 bridgehead atoms. The summed E-state index contributed by atoms with van der Waals surface area (Å²) in [6.07, 6.45) is -0.493. The molecule has 106 valence electrons. The molecule has 0 fully saturated rings. The van der Waals surface area contributed by atoms with Crippen molar-refractivity contribution >= 4 is 0 Å². The van der Waals surface area contributed by atoms with Crippen molar-refractivity contribution in [1.82, 2.24) is 0 Å². The monoisotopic (exact) mass is 272 g/mol. The van der Waals surface area contributed by atoms with E-state index in [1.54, 1.807) is 14.0 Å². The van der Waals surface area contributed by atoms with Crippen LogP contribution in [-0.4, -0.2) is 12.2 Å². The maximum atomic E-state index is 9.58. The van der Waals surface area contributed by atoms with E-state index >= 15 is 0 Å². The van der Waals surface area contributed by atoms with E-state index in [0.717, 1.165) is 22.6 Å². The van der Waals surface area contributed by atoms with Crippen LogP contribution in [0.15, 0.2) is 42.5 Å². The summed E-state index contributed by atoms with van der Waals surface area (Å²) in [6, 6.07) is 13.5. The molecule has 0 heterocycles. The Kier molecular flexibility index (Phi) is 4.64. The lowest BCUT2D eigenvalue weighted by Crippen LogP contribution is -2.00. The van der Waals surface area contributed by atoms with Gasteiger partial charge < -0.3 is 14.6 Å². The van der Waals surface area contributed by atoms with Gasteiger partial charge in [-0.15, -0.1) is 0 Å². The Bertz CT molecular complexity index is 576. The normalized spacial score (nSPS) is 12.0. The van der Waals surface area contributed by atoms with Crippen LogP contribution in [-0.2, 0) is 6.61 Å². The minimum Gasteiger partial charge on any atom is -0.496 e. The second kappa shape index (κ2) is 6.44. The van der Waals surface area contributed by atoms with E-state index in [1.807, 2.05) is 43.3 Å². The summed E-state index contributed by atoms with van der Waals surface area (Å²) < 4.78 is 11.1. The summed E-state index contributed by atoms with van der Waals surface area (Å²) in [5.74, 6) is 1.56. The van der Waals surface area contributed by atoms with Crippen LogP contribution < -0.4 is 9.47 Å². The predicted molar refractivity (Wildman–Crippen MR) is 79.1 cm³/mol. The summed E-state index contributed by atoms with van der Waals surface area (Å²) in [6.45, 7) is 4.22. The zero-order valence-electron chi connectivity index (χ0n) is 12.1. The first-order chi connectivity index (χ1) is 9.60. The molecular weight excluding hydrogens is 252 g/mol. The summed E-state index contributed by atoms with van der Waals surface area (Å²) in [7, 11) is 1.65. The molecule has 1 atom stereocenters. The number of benzene rings is 2. The van der Waals surface area contributed by atoms with Gasteiger partial charge in [0.05, 0.1) is 13.2 Å². The first kappa shape index (κ1) is 14.4. The average Bonchev–Trinajstić information content (AvgIpc) is 2.45. The zero-order chi connectivity index (χ0) is 14.5. The molecule has 3 nitrogen and oxygen atoms in total. The molecule has 0 saturated carbocycles. The summed E-state index contributed by atoms with van der Waals surface area (Å²) >= 11 is 0. The first-order valence-electron chi connectivity index (χ1n) is 6.64. The molecule has 0 saturated heterocycles. The quantitative estimate of drug-likeness (QED) is 0.903. The van der Waals surface area contributed by atoms with E-state index in [9.17, 15) is 5.11 Å². The van der Waals surface area contributed by atoms with Crippen molar-refractivity contribution < 1.29 is 14.6 Å². The topological polar surface area (TPSA) is 38.7 Å². The van der Waals surface area contributed by atoms with Crippen LogP contribution in [0.25, 0.3) is 0 Å². The molecule has 1 N–H and O–H groups in total. The summed E-state index contributed by atoms with van der Waals surface area (Å²) in [4.78, 5) is 0.